The van der Waals surface area contributed by atoms with E-state index in [9.17, 15) is 17.6 Å². The molecule has 0 saturated carbocycles. The van der Waals surface area contributed by atoms with E-state index >= 15 is 0 Å². The summed E-state index contributed by atoms with van der Waals surface area (Å²) < 4.78 is 63.9. The molecule has 0 fully saturated rings. The molecule has 0 aliphatic heterocycles. The largest absolute Gasteiger partial charge is 0.487 e. The highest BCUT2D eigenvalue weighted by molar-refractivity contribution is 5.33. The molecule has 1 aromatic rings. The predicted octanol–water partition coefficient (Wildman–Crippen LogP) is 5.17. The summed E-state index contributed by atoms with van der Waals surface area (Å²) in [5.74, 6) is -5.62. The Kier molecular flexibility index (Phi) is 5.70. The molecule has 0 heterocycles. The molecule has 0 spiro atoms. The van der Waals surface area contributed by atoms with Crippen LogP contribution in [0.15, 0.2) is 24.3 Å². The Morgan fingerprint density at radius 2 is 1.41 bits per heavy atom. The third-order valence-electron chi connectivity index (χ3n) is 3.29. The van der Waals surface area contributed by atoms with Gasteiger partial charge in [0.05, 0.1) is 0 Å². The molecule has 0 saturated heterocycles. The van der Waals surface area contributed by atoms with Crippen LogP contribution in [0.1, 0.15) is 34.1 Å². The summed E-state index contributed by atoms with van der Waals surface area (Å²) in [4.78, 5) is 0. The molecule has 0 aliphatic carbocycles. The number of ether oxygens (including phenoxy) is 2. The maximum atomic E-state index is 13.8. The van der Waals surface area contributed by atoms with Crippen LogP contribution in [0.2, 0.25) is 0 Å². The van der Waals surface area contributed by atoms with Crippen molar-refractivity contribution in [1.82, 2.24) is 0 Å². The van der Waals surface area contributed by atoms with Crippen LogP contribution in [0.4, 0.5) is 17.6 Å². The molecule has 0 atom stereocenters. The average Bonchev–Trinajstić information content (AvgIpc) is 2.42. The molecular weight excluding hydrogens is 300 g/mol. The van der Waals surface area contributed by atoms with Gasteiger partial charge in [0, 0.05) is 17.9 Å². The van der Waals surface area contributed by atoms with Gasteiger partial charge in [0.1, 0.15) is 11.5 Å². The minimum Gasteiger partial charge on any atom is -0.487 e. The molecule has 2 nitrogen and oxygen atoms in total. The maximum Gasteiger partial charge on any atom is 0.286 e. The van der Waals surface area contributed by atoms with Crippen molar-refractivity contribution < 1.29 is 27.0 Å². The van der Waals surface area contributed by atoms with Gasteiger partial charge in [-0.2, -0.15) is 0 Å². The number of rotatable bonds is 7. The Bertz CT molecular complexity index is 481. The van der Waals surface area contributed by atoms with E-state index in [0.29, 0.717) is 0 Å². The van der Waals surface area contributed by atoms with Gasteiger partial charge in [0.2, 0.25) is 0 Å². The van der Waals surface area contributed by atoms with Crippen LogP contribution < -0.4 is 9.47 Å². The predicted molar refractivity (Wildman–Crippen MR) is 77.1 cm³/mol. The van der Waals surface area contributed by atoms with Crippen LogP contribution >= 0.6 is 0 Å². The second-order valence-electron chi connectivity index (χ2n) is 6.22. The number of alkyl halides is 4. The standard InChI is InChI=1S/C16H22F4O2/c1-5-15(17,18)10-21-12-7-6-8-13(9-12)22-11-16(19,20)14(2,3)4/h6-9H,5,10-11H2,1-4H3. The van der Waals surface area contributed by atoms with Gasteiger partial charge in [0.25, 0.3) is 11.8 Å². The quantitative estimate of drug-likeness (QED) is 0.645. The SMILES string of the molecule is CCC(F)(F)COc1cccc(OCC(F)(F)C(C)(C)C)c1. The first kappa shape index (κ1) is 18.6. The summed E-state index contributed by atoms with van der Waals surface area (Å²) in [7, 11) is 0. The molecule has 0 aliphatic rings. The zero-order valence-corrected chi connectivity index (χ0v) is 13.3. The minimum absolute atomic E-state index is 0.154. The lowest BCUT2D eigenvalue weighted by atomic mass is 9.88. The highest BCUT2D eigenvalue weighted by Crippen LogP contribution is 2.36. The van der Waals surface area contributed by atoms with E-state index in [2.05, 4.69) is 0 Å². The molecule has 0 unspecified atom stereocenters. The van der Waals surface area contributed by atoms with Gasteiger partial charge in [-0.1, -0.05) is 33.8 Å². The van der Waals surface area contributed by atoms with Crippen molar-refractivity contribution in [2.75, 3.05) is 13.2 Å². The highest BCUT2D eigenvalue weighted by Gasteiger charge is 2.43. The maximum absolute atomic E-state index is 13.8. The highest BCUT2D eigenvalue weighted by atomic mass is 19.3. The monoisotopic (exact) mass is 322 g/mol. The molecular formula is C16H22F4O2. The van der Waals surface area contributed by atoms with Crippen LogP contribution in [0.5, 0.6) is 11.5 Å². The van der Waals surface area contributed by atoms with Gasteiger partial charge in [0.15, 0.2) is 13.2 Å². The third kappa shape index (κ3) is 5.39. The minimum atomic E-state index is -3.01. The lowest BCUT2D eigenvalue weighted by molar-refractivity contribution is -0.123. The zero-order valence-electron chi connectivity index (χ0n) is 13.3. The fourth-order valence-corrected chi connectivity index (χ4v) is 1.34. The molecule has 1 rings (SSSR count). The Morgan fingerprint density at radius 1 is 0.909 bits per heavy atom. The van der Waals surface area contributed by atoms with E-state index in [4.69, 9.17) is 9.47 Å². The van der Waals surface area contributed by atoms with Crippen molar-refractivity contribution in [3.8, 4) is 11.5 Å². The summed E-state index contributed by atoms with van der Waals surface area (Å²) >= 11 is 0. The lowest BCUT2D eigenvalue weighted by Gasteiger charge is -2.30. The normalized spacial score (nSPS) is 13.1. The smallest absolute Gasteiger partial charge is 0.286 e. The van der Waals surface area contributed by atoms with Gasteiger partial charge in [-0.3, -0.25) is 0 Å². The number of hydrogen-bond acceptors (Lipinski definition) is 2. The average molecular weight is 322 g/mol. The Labute approximate surface area is 128 Å². The number of halogens is 4. The molecule has 0 N–H and O–H groups in total. The van der Waals surface area contributed by atoms with Gasteiger partial charge in [-0.25, -0.2) is 17.6 Å². The van der Waals surface area contributed by atoms with E-state index in [1.165, 1.54) is 52.0 Å². The first-order chi connectivity index (χ1) is 9.97. The first-order valence-corrected chi connectivity index (χ1v) is 7.08. The van der Waals surface area contributed by atoms with E-state index in [0.717, 1.165) is 0 Å². The number of benzene rings is 1. The zero-order chi connectivity index (χ0) is 17.0. The number of hydrogen-bond donors (Lipinski definition) is 0. The van der Waals surface area contributed by atoms with Crippen molar-refractivity contribution in [3.05, 3.63) is 24.3 Å². The van der Waals surface area contributed by atoms with Crippen molar-refractivity contribution in [2.24, 2.45) is 5.41 Å². The second-order valence-corrected chi connectivity index (χ2v) is 6.22. The molecule has 1 aromatic carbocycles. The summed E-state index contributed by atoms with van der Waals surface area (Å²) in [6.45, 7) is 4.07. The van der Waals surface area contributed by atoms with E-state index in [1.807, 2.05) is 0 Å². The van der Waals surface area contributed by atoms with E-state index < -0.39 is 30.5 Å². The van der Waals surface area contributed by atoms with Gasteiger partial charge in [-0.05, 0) is 12.1 Å². The molecule has 126 valence electrons. The van der Waals surface area contributed by atoms with Crippen molar-refractivity contribution in [2.45, 2.75) is 46.0 Å². The molecule has 0 amide bonds. The van der Waals surface area contributed by atoms with Crippen molar-refractivity contribution in [3.63, 3.8) is 0 Å². The summed E-state index contributed by atoms with van der Waals surface area (Å²) in [6, 6.07) is 5.78. The Morgan fingerprint density at radius 3 is 1.86 bits per heavy atom. The fraction of sp³-hybridized carbons (Fsp3) is 0.625. The lowest BCUT2D eigenvalue weighted by Crippen LogP contribution is -2.39. The topological polar surface area (TPSA) is 18.5 Å². The van der Waals surface area contributed by atoms with Crippen LogP contribution in [0.25, 0.3) is 0 Å². The Hall–Kier alpha value is -1.46. The summed E-state index contributed by atoms with van der Waals surface area (Å²) in [6.07, 6.45) is -0.332. The molecule has 0 radical (unpaired) electrons. The van der Waals surface area contributed by atoms with Crippen molar-refractivity contribution in [1.29, 1.82) is 0 Å². The molecule has 0 aromatic heterocycles. The van der Waals surface area contributed by atoms with E-state index in [-0.39, 0.29) is 17.9 Å². The van der Waals surface area contributed by atoms with Crippen LogP contribution in [0.3, 0.4) is 0 Å². The fourth-order valence-electron chi connectivity index (χ4n) is 1.34. The summed E-state index contributed by atoms with van der Waals surface area (Å²) in [5, 5.41) is 0. The molecule has 0 bridgehead atoms. The van der Waals surface area contributed by atoms with Crippen LogP contribution in [-0.4, -0.2) is 25.1 Å². The van der Waals surface area contributed by atoms with Crippen LogP contribution in [0, 0.1) is 5.41 Å². The summed E-state index contributed by atoms with van der Waals surface area (Å²) in [5.41, 5.74) is -1.23. The second kappa shape index (κ2) is 6.75. The van der Waals surface area contributed by atoms with Gasteiger partial charge < -0.3 is 9.47 Å². The Balaban J connectivity index is 2.65. The van der Waals surface area contributed by atoms with Gasteiger partial charge in [-0.15, -0.1) is 0 Å². The molecule has 6 heteroatoms. The van der Waals surface area contributed by atoms with Crippen molar-refractivity contribution >= 4 is 0 Å². The van der Waals surface area contributed by atoms with Gasteiger partial charge >= 0.3 is 0 Å². The third-order valence-corrected chi connectivity index (χ3v) is 3.29. The first-order valence-electron chi connectivity index (χ1n) is 7.08. The molecule has 22 heavy (non-hydrogen) atoms. The van der Waals surface area contributed by atoms with E-state index in [1.54, 1.807) is 0 Å². The van der Waals surface area contributed by atoms with Crippen LogP contribution in [-0.2, 0) is 0 Å².